The van der Waals surface area contributed by atoms with Gasteiger partial charge in [-0.25, -0.2) is 9.59 Å². The fraction of sp³-hybridized carbons (Fsp3) is 0.500. The number of aromatic amines is 1. The summed E-state index contributed by atoms with van der Waals surface area (Å²) >= 11 is 0. The van der Waals surface area contributed by atoms with Crippen LogP contribution >= 0.6 is 0 Å². The number of carbonyl (C=O) groups is 2. The first-order chi connectivity index (χ1) is 7.80. The van der Waals surface area contributed by atoms with Crippen molar-refractivity contribution >= 4 is 17.7 Å². The first-order valence-electron chi connectivity index (χ1n) is 5.10. The van der Waals surface area contributed by atoms with Gasteiger partial charge in [-0.1, -0.05) is 20.8 Å². The van der Waals surface area contributed by atoms with E-state index in [4.69, 9.17) is 5.11 Å². The van der Waals surface area contributed by atoms with E-state index in [0.29, 0.717) is 5.69 Å². The van der Waals surface area contributed by atoms with Crippen molar-refractivity contribution in [2.24, 2.45) is 5.41 Å². The van der Waals surface area contributed by atoms with Crippen molar-refractivity contribution in [2.45, 2.75) is 26.8 Å². The van der Waals surface area contributed by atoms with E-state index in [1.54, 1.807) is 20.8 Å². The van der Waals surface area contributed by atoms with Gasteiger partial charge in [-0.05, 0) is 5.41 Å². The summed E-state index contributed by atoms with van der Waals surface area (Å²) in [7, 11) is 0. The average molecular weight is 240 g/mol. The van der Waals surface area contributed by atoms with Gasteiger partial charge < -0.3 is 15.7 Å². The number of urea groups is 1. The molecule has 1 heterocycles. The molecule has 0 aliphatic carbocycles. The minimum atomic E-state index is -1.07. The Kier molecular flexibility index (Phi) is 3.72. The standard InChI is InChI=1S/C10H16N4O3/c1-10(2,3)7(8(15)16)14-9(17)13-6-4-11-12-5-6/h4-5,7H,1-3H3,(H,11,12)(H,15,16)(H2,13,14,17)/t7-/m0/s1. The van der Waals surface area contributed by atoms with Gasteiger partial charge in [0.1, 0.15) is 6.04 Å². The van der Waals surface area contributed by atoms with Crippen LogP contribution in [0.15, 0.2) is 12.4 Å². The topological polar surface area (TPSA) is 107 Å². The van der Waals surface area contributed by atoms with E-state index in [1.807, 2.05) is 0 Å². The van der Waals surface area contributed by atoms with Crippen LogP contribution in [0.2, 0.25) is 0 Å². The summed E-state index contributed by atoms with van der Waals surface area (Å²) in [5, 5.41) is 20.1. The van der Waals surface area contributed by atoms with Crippen molar-refractivity contribution in [1.82, 2.24) is 15.5 Å². The van der Waals surface area contributed by atoms with Crippen molar-refractivity contribution in [1.29, 1.82) is 0 Å². The molecule has 0 aromatic carbocycles. The molecular formula is C10H16N4O3. The fourth-order valence-electron chi connectivity index (χ4n) is 1.27. The van der Waals surface area contributed by atoms with Crippen LogP contribution < -0.4 is 10.6 Å². The molecule has 2 amide bonds. The number of hydrogen-bond acceptors (Lipinski definition) is 3. The summed E-state index contributed by atoms with van der Waals surface area (Å²) in [5.74, 6) is -1.07. The average Bonchev–Trinajstić information content (AvgIpc) is 2.64. The van der Waals surface area contributed by atoms with Crippen molar-refractivity contribution in [2.75, 3.05) is 5.32 Å². The highest BCUT2D eigenvalue weighted by atomic mass is 16.4. The van der Waals surface area contributed by atoms with Crippen LogP contribution in [0.3, 0.4) is 0 Å². The predicted octanol–water partition coefficient (Wildman–Crippen LogP) is 1.03. The molecule has 4 N–H and O–H groups in total. The van der Waals surface area contributed by atoms with Gasteiger partial charge in [0.25, 0.3) is 0 Å². The molecule has 7 heteroatoms. The van der Waals surface area contributed by atoms with Crippen LogP contribution in [0.5, 0.6) is 0 Å². The van der Waals surface area contributed by atoms with Crippen molar-refractivity contribution in [3.05, 3.63) is 12.4 Å². The largest absolute Gasteiger partial charge is 0.480 e. The first-order valence-corrected chi connectivity index (χ1v) is 5.10. The zero-order valence-corrected chi connectivity index (χ0v) is 9.94. The van der Waals surface area contributed by atoms with Gasteiger partial charge in [-0.3, -0.25) is 5.10 Å². The smallest absolute Gasteiger partial charge is 0.326 e. The normalized spacial score (nSPS) is 12.9. The summed E-state index contributed by atoms with van der Waals surface area (Å²) < 4.78 is 0. The maximum atomic E-state index is 11.5. The lowest BCUT2D eigenvalue weighted by atomic mass is 9.87. The van der Waals surface area contributed by atoms with E-state index in [1.165, 1.54) is 12.4 Å². The third-order valence-corrected chi connectivity index (χ3v) is 2.14. The number of hydrogen-bond donors (Lipinski definition) is 4. The maximum absolute atomic E-state index is 11.5. The monoisotopic (exact) mass is 240 g/mol. The van der Waals surface area contributed by atoms with Gasteiger partial charge in [-0.15, -0.1) is 0 Å². The number of carboxylic acid groups (broad SMARTS) is 1. The molecule has 94 valence electrons. The van der Waals surface area contributed by atoms with E-state index < -0.39 is 23.5 Å². The SMILES string of the molecule is CC(C)(C)[C@@H](NC(=O)Nc1cn[nH]c1)C(=O)O. The molecular weight excluding hydrogens is 224 g/mol. The number of carboxylic acids is 1. The number of nitrogens with zero attached hydrogens (tertiary/aromatic N) is 1. The van der Waals surface area contributed by atoms with Crippen molar-refractivity contribution in [3.8, 4) is 0 Å². The second-order valence-corrected chi connectivity index (χ2v) is 4.72. The van der Waals surface area contributed by atoms with Gasteiger partial charge in [0, 0.05) is 6.20 Å². The Morgan fingerprint density at radius 3 is 2.53 bits per heavy atom. The molecule has 17 heavy (non-hydrogen) atoms. The van der Waals surface area contributed by atoms with E-state index in [9.17, 15) is 9.59 Å². The second-order valence-electron chi connectivity index (χ2n) is 4.72. The van der Waals surface area contributed by atoms with Gasteiger partial charge in [0.2, 0.25) is 0 Å². The summed E-state index contributed by atoms with van der Waals surface area (Å²) in [6.45, 7) is 5.22. The number of aromatic nitrogens is 2. The number of H-pyrrole nitrogens is 1. The summed E-state index contributed by atoms with van der Waals surface area (Å²) in [6.07, 6.45) is 2.92. The highest BCUT2D eigenvalue weighted by Crippen LogP contribution is 2.19. The summed E-state index contributed by atoms with van der Waals surface area (Å²) in [5.41, 5.74) is -0.0971. The van der Waals surface area contributed by atoms with E-state index in [0.717, 1.165) is 0 Å². The Hall–Kier alpha value is -2.05. The third kappa shape index (κ3) is 3.78. The van der Waals surface area contributed by atoms with Crippen LogP contribution in [0.4, 0.5) is 10.5 Å². The van der Waals surface area contributed by atoms with Crippen molar-refractivity contribution in [3.63, 3.8) is 0 Å². The molecule has 1 rings (SSSR count). The molecule has 0 unspecified atom stereocenters. The predicted molar refractivity (Wildman–Crippen MR) is 61.6 cm³/mol. The van der Waals surface area contributed by atoms with E-state index in [-0.39, 0.29) is 0 Å². The molecule has 0 spiro atoms. The molecule has 0 radical (unpaired) electrons. The third-order valence-electron chi connectivity index (χ3n) is 2.14. The highest BCUT2D eigenvalue weighted by molar-refractivity contribution is 5.92. The zero-order valence-electron chi connectivity index (χ0n) is 9.94. The molecule has 0 aliphatic heterocycles. The van der Waals surface area contributed by atoms with Gasteiger partial charge >= 0.3 is 12.0 Å². The first kappa shape index (κ1) is 13.0. The zero-order chi connectivity index (χ0) is 13.1. The number of carbonyl (C=O) groups excluding carboxylic acids is 1. The lowest BCUT2D eigenvalue weighted by Gasteiger charge is -2.27. The number of amides is 2. The second kappa shape index (κ2) is 4.86. The van der Waals surface area contributed by atoms with Crippen LogP contribution in [0.25, 0.3) is 0 Å². The lowest BCUT2D eigenvalue weighted by molar-refractivity contribution is -0.141. The quantitative estimate of drug-likeness (QED) is 0.632. The van der Waals surface area contributed by atoms with Gasteiger partial charge in [0.15, 0.2) is 0 Å². The van der Waals surface area contributed by atoms with E-state index in [2.05, 4.69) is 20.8 Å². The van der Waals surface area contributed by atoms with E-state index >= 15 is 0 Å². The Morgan fingerprint density at radius 2 is 2.12 bits per heavy atom. The fourth-order valence-corrected chi connectivity index (χ4v) is 1.27. The summed E-state index contributed by atoms with van der Waals surface area (Å²) in [4.78, 5) is 22.6. The number of rotatable bonds is 3. The molecule has 0 saturated heterocycles. The highest BCUT2D eigenvalue weighted by Gasteiger charge is 2.32. The molecule has 0 fully saturated rings. The van der Waals surface area contributed by atoms with Gasteiger partial charge in [-0.2, -0.15) is 5.10 Å². The minimum absolute atomic E-state index is 0.473. The number of aliphatic carboxylic acids is 1. The Labute approximate surface area is 98.6 Å². The number of nitrogens with one attached hydrogen (secondary N) is 3. The Balaban J connectivity index is 2.62. The molecule has 1 atom stereocenters. The maximum Gasteiger partial charge on any atom is 0.326 e. The molecule has 0 saturated carbocycles. The van der Waals surface area contributed by atoms with Gasteiger partial charge in [0.05, 0.1) is 11.9 Å². The van der Waals surface area contributed by atoms with Crippen molar-refractivity contribution < 1.29 is 14.7 Å². The molecule has 1 aromatic rings. The van der Waals surface area contributed by atoms with Crippen LogP contribution in [-0.4, -0.2) is 33.3 Å². The van der Waals surface area contributed by atoms with Crippen LogP contribution in [0, 0.1) is 5.41 Å². The summed E-state index contributed by atoms with van der Waals surface area (Å²) in [6, 6.07) is -1.54. The lowest BCUT2D eigenvalue weighted by Crippen LogP contribution is -2.50. The number of anilines is 1. The van der Waals surface area contributed by atoms with Crippen LogP contribution in [0.1, 0.15) is 20.8 Å². The Morgan fingerprint density at radius 1 is 1.47 bits per heavy atom. The Bertz CT molecular complexity index is 394. The molecule has 1 aromatic heterocycles. The minimum Gasteiger partial charge on any atom is -0.480 e. The van der Waals surface area contributed by atoms with Crippen LogP contribution in [-0.2, 0) is 4.79 Å². The molecule has 7 nitrogen and oxygen atoms in total. The molecule has 0 bridgehead atoms. The molecule has 0 aliphatic rings.